The van der Waals surface area contributed by atoms with Crippen LogP contribution in [0.2, 0.25) is 0 Å². The highest BCUT2D eigenvalue weighted by Gasteiger charge is 2.48. The maximum absolute atomic E-state index is 12.3. The third-order valence-corrected chi connectivity index (χ3v) is 5.72. The summed E-state index contributed by atoms with van der Waals surface area (Å²) in [5.74, 6) is -2.07. The van der Waals surface area contributed by atoms with Gasteiger partial charge in [-0.05, 0) is 47.5 Å². The summed E-state index contributed by atoms with van der Waals surface area (Å²) in [4.78, 5) is 35.7. The second kappa shape index (κ2) is 13.0. The number of aromatic hydroxyl groups is 1. The van der Waals surface area contributed by atoms with Crippen LogP contribution in [-0.4, -0.2) is 88.0 Å². The van der Waals surface area contributed by atoms with E-state index in [1.54, 1.807) is 12.1 Å². The number of carbonyl (C=O) groups excluding carboxylic acids is 2. The predicted molar refractivity (Wildman–Crippen MR) is 135 cm³/mol. The number of rotatable bonds is 11. The lowest BCUT2D eigenvalue weighted by Gasteiger charge is -2.38. The van der Waals surface area contributed by atoms with E-state index in [1.165, 1.54) is 62.8 Å². The molecular weight excluding hydrogens is 516 g/mol. The molecule has 0 saturated carbocycles. The highest BCUT2D eigenvalue weighted by molar-refractivity contribution is 6.10. The van der Waals surface area contributed by atoms with Gasteiger partial charge in [0.1, 0.15) is 18.3 Å². The Morgan fingerprint density at radius 2 is 1.38 bits per heavy atom. The fourth-order valence-corrected chi connectivity index (χ4v) is 3.63. The maximum atomic E-state index is 12.3. The second-order valence-corrected chi connectivity index (χ2v) is 8.47. The maximum Gasteiger partial charge on any atom is 0.335 e. The highest BCUT2D eigenvalue weighted by atomic mass is 16.7. The number of ketones is 2. The number of carboxylic acids is 1. The van der Waals surface area contributed by atoms with E-state index in [4.69, 9.17) is 18.9 Å². The van der Waals surface area contributed by atoms with Gasteiger partial charge < -0.3 is 44.5 Å². The molecule has 39 heavy (non-hydrogen) atoms. The number of allylic oxidation sites excluding steroid dienone is 2. The summed E-state index contributed by atoms with van der Waals surface area (Å²) >= 11 is 0. The van der Waals surface area contributed by atoms with Crippen LogP contribution in [0.1, 0.15) is 17.5 Å². The van der Waals surface area contributed by atoms with Crippen molar-refractivity contribution in [3.05, 3.63) is 59.7 Å². The van der Waals surface area contributed by atoms with E-state index in [2.05, 4.69) is 0 Å². The zero-order valence-electron chi connectivity index (χ0n) is 21.0. The van der Waals surface area contributed by atoms with Gasteiger partial charge in [0.2, 0.25) is 6.29 Å². The molecule has 0 amide bonds. The molecular formula is C27H28O12. The van der Waals surface area contributed by atoms with Crippen LogP contribution < -0.4 is 14.2 Å². The summed E-state index contributed by atoms with van der Waals surface area (Å²) in [7, 11) is 2.73. The molecule has 1 fully saturated rings. The molecule has 0 aromatic heterocycles. The molecule has 5 unspecified atom stereocenters. The molecule has 0 spiro atoms. The quantitative estimate of drug-likeness (QED) is 0.199. The van der Waals surface area contributed by atoms with E-state index in [0.29, 0.717) is 11.1 Å². The average molecular weight is 545 g/mol. The van der Waals surface area contributed by atoms with Crippen LogP contribution in [0.25, 0.3) is 12.2 Å². The molecule has 0 aliphatic carbocycles. The number of benzene rings is 2. The first-order valence-corrected chi connectivity index (χ1v) is 11.6. The lowest BCUT2D eigenvalue weighted by atomic mass is 9.99. The highest BCUT2D eigenvalue weighted by Crippen LogP contribution is 2.32. The van der Waals surface area contributed by atoms with Crippen LogP contribution in [0.3, 0.4) is 0 Å². The van der Waals surface area contributed by atoms with Gasteiger partial charge in [0.05, 0.1) is 20.6 Å². The van der Waals surface area contributed by atoms with E-state index >= 15 is 0 Å². The van der Waals surface area contributed by atoms with Gasteiger partial charge in [-0.2, -0.15) is 0 Å². The Hall–Kier alpha value is -4.23. The van der Waals surface area contributed by atoms with Crippen molar-refractivity contribution in [1.82, 2.24) is 0 Å². The summed E-state index contributed by atoms with van der Waals surface area (Å²) in [5, 5.41) is 48.7. The summed E-state index contributed by atoms with van der Waals surface area (Å²) < 4.78 is 20.9. The molecule has 3 rings (SSSR count). The fraction of sp³-hybridized carbons (Fsp3) is 0.296. The van der Waals surface area contributed by atoms with Crippen LogP contribution in [0.4, 0.5) is 0 Å². The van der Waals surface area contributed by atoms with E-state index < -0.39 is 48.2 Å². The van der Waals surface area contributed by atoms with Crippen molar-refractivity contribution in [2.75, 3.05) is 14.2 Å². The molecule has 12 nitrogen and oxygen atoms in total. The Morgan fingerprint density at radius 3 is 1.95 bits per heavy atom. The summed E-state index contributed by atoms with van der Waals surface area (Å²) in [6.45, 7) is 0. The van der Waals surface area contributed by atoms with E-state index in [0.717, 1.165) is 0 Å². The molecule has 208 valence electrons. The van der Waals surface area contributed by atoms with Crippen LogP contribution in [-0.2, 0) is 19.1 Å². The number of methoxy groups -OCH3 is 2. The molecule has 0 bridgehead atoms. The molecule has 2 aromatic rings. The number of carboxylic acid groups (broad SMARTS) is 1. The third-order valence-electron chi connectivity index (χ3n) is 5.72. The van der Waals surface area contributed by atoms with Crippen molar-refractivity contribution in [3.63, 3.8) is 0 Å². The van der Waals surface area contributed by atoms with Crippen molar-refractivity contribution in [1.29, 1.82) is 0 Å². The number of hydrogen-bond acceptors (Lipinski definition) is 11. The normalized spacial score (nSPS) is 23.1. The zero-order valence-corrected chi connectivity index (χ0v) is 21.0. The van der Waals surface area contributed by atoms with E-state index in [1.807, 2.05) is 0 Å². The number of phenols is 1. The molecule has 1 saturated heterocycles. The Balaban J connectivity index is 1.63. The minimum atomic E-state index is -1.86. The van der Waals surface area contributed by atoms with Crippen molar-refractivity contribution in [2.24, 2.45) is 0 Å². The molecule has 0 radical (unpaired) electrons. The monoisotopic (exact) mass is 544 g/mol. The van der Waals surface area contributed by atoms with Crippen LogP contribution >= 0.6 is 0 Å². The lowest BCUT2D eigenvalue weighted by Crippen LogP contribution is -2.61. The Kier molecular flexibility index (Phi) is 9.79. The van der Waals surface area contributed by atoms with Crippen molar-refractivity contribution < 1.29 is 58.9 Å². The van der Waals surface area contributed by atoms with Crippen molar-refractivity contribution >= 4 is 29.7 Å². The lowest BCUT2D eigenvalue weighted by molar-refractivity contribution is -0.271. The SMILES string of the molecule is COc1cc(C=CC(=O)CC(=O)C=Cc2ccc(OC3OC(C(=O)O)C(O)C(O)C3O)c(OC)c2)ccc1O. The molecule has 2 aromatic carbocycles. The second-order valence-electron chi connectivity index (χ2n) is 8.47. The Labute approximate surface area is 222 Å². The van der Waals surface area contributed by atoms with Gasteiger partial charge in [-0.25, -0.2) is 4.79 Å². The minimum absolute atomic E-state index is 0.0314. The predicted octanol–water partition coefficient (Wildman–Crippen LogP) is 0.935. The number of aliphatic carboxylic acids is 1. The van der Waals surface area contributed by atoms with Crippen LogP contribution in [0.5, 0.6) is 23.0 Å². The summed E-state index contributed by atoms with van der Waals surface area (Å²) in [5.41, 5.74) is 1.10. The standard InChI is InChI=1S/C27H28O12/c1-36-20-11-14(5-9-18(20)30)3-7-16(28)13-17(29)8-4-15-6-10-19(21(12-15)37-2)38-27-24(33)22(31)23(32)25(39-27)26(34)35/h3-12,22-25,27,30-33H,13H2,1-2H3,(H,34,35). The van der Waals surface area contributed by atoms with Gasteiger partial charge in [-0.3, -0.25) is 9.59 Å². The minimum Gasteiger partial charge on any atom is -0.504 e. The van der Waals surface area contributed by atoms with Crippen LogP contribution in [0.15, 0.2) is 48.6 Å². The number of hydrogen-bond donors (Lipinski definition) is 5. The molecule has 12 heteroatoms. The molecule has 1 heterocycles. The summed E-state index contributed by atoms with van der Waals surface area (Å²) in [6.07, 6.45) is -3.85. The topological polar surface area (TPSA) is 189 Å². The first-order valence-electron chi connectivity index (χ1n) is 11.6. The molecule has 1 aliphatic heterocycles. The van der Waals surface area contributed by atoms with E-state index in [9.17, 15) is 39.9 Å². The number of aliphatic hydroxyl groups is 3. The zero-order chi connectivity index (χ0) is 28.7. The van der Waals surface area contributed by atoms with Gasteiger partial charge in [0.25, 0.3) is 0 Å². The molecule has 1 aliphatic rings. The first kappa shape index (κ1) is 29.3. The van der Waals surface area contributed by atoms with Gasteiger partial charge in [-0.1, -0.05) is 24.3 Å². The number of ether oxygens (including phenoxy) is 4. The number of aliphatic hydroxyl groups excluding tert-OH is 3. The van der Waals surface area contributed by atoms with Gasteiger partial charge in [-0.15, -0.1) is 0 Å². The Morgan fingerprint density at radius 1 is 0.821 bits per heavy atom. The van der Waals surface area contributed by atoms with E-state index in [-0.39, 0.29) is 29.4 Å². The summed E-state index contributed by atoms with van der Waals surface area (Å²) in [6, 6.07) is 8.96. The van der Waals surface area contributed by atoms with Crippen LogP contribution in [0, 0.1) is 0 Å². The third kappa shape index (κ3) is 7.42. The van der Waals surface area contributed by atoms with Gasteiger partial charge >= 0.3 is 5.97 Å². The number of phenolic OH excluding ortho intramolecular Hbond substituents is 1. The fourth-order valence-electron chi connectivity index (χ4n) is 3.63. The van der Waals surface area contributed by atoms with Crippen molar-refractivity contribution in [2.45, 2.75) is 37.1 Å². The van der Waals surface area contributed by atoms with Crippen molar-refractivity contribution in [3.8, 4) is 23.0 Å². The Bertz CT molecular complexity index is 1270. The first-order chi connectivity index (χ1) is 18.5. The average Bonchev–Trinajstić information content (AvgIpc) is 2.91. The molecule has 5 N–H and O–H groups in total. The molecule has 5 atom stereocenters. The largest absolute Gasteiger partial charge is 0.504 e. The van der Waals surface area contributed by atoms with Gasteiger partial charge in [0, 0.05) is 0 Å². The van der Waals surface area contributed by atoms with Gasteiger partial charge in [0.15, 0.2) is 40.7 Å². The number of carbonyl (C=O) groups is 3. The smallest absolute Gasteiger partial charge is 0.335 e.